The lowest BCUT2D eigenvalue weighted by molar-refractivity contribution is -0.145. The van der Waals surface area contributed by atoms with Crippen LogP contribution in [0.25, 0.3) is 11.1 Å². The van der Waals surface area contributed by atoms with Gasteiger partial charge in [0.05, 0.1) is 0 Å². The Hall–Kier alpha value is -2.51. The molecule has 1 amide bonds. The number of nitrogens with zero attached hydrogens (tertiary/aromatic N) is 1. The smallest absolute Gasteiger partial charge is 0.316 e. The Morgan fingerprint density at radius 1 is 1.19 bits per heavy atom. The average molecular weight is 405 g/mol. The third kappa shape index (κ3) is 6.01. The minimum absolute atomic E-state index is 0.0165. The van der Waals surface area contributed by atoms with Crippen LogP contribution in [-0.2, 0) is 20.7 Å². The zero-order chi connectivity index (χ0) is 19.1. The van der Waals surface area contributed by atoms with Crippen LogP contribution in [0, 0.1) is 0 Å². The van der Waals surface area contributed by atoms with Crippen molar-refractivity contribution < 1.29 is 18.7 Å². The maximum Gasteiger partial charge on any atom is 0.316 e. The molecular formula is C19H17ClN2O4S. The van der Waals surface area contributed by atoms with Crippen molar-refractivity contribution in [1.29, 1.82) is 0 Å². The van der Waals surface area contributed by atoms with E-state index in [1.807, 2.05) is 36.4 Å². The van der Waals surface area contributed by atoms with Crippen molar-refractivity contribution in [1.82, 2.24) is 10.3 Å². The van der Waals surface area contributed by atoms with Gasteiger partial charge >= 0.3 is 5.97 Å². The van der Waals surface area contributed by atoms with Gasteiger partial charge in [-0.1, -0.05) is 47.6 Å². The molecule has 0 unspecified atom stereocenters. The highest BCUT2D eigenvalue weighted by atomic mass is 35.5. The van der Waals surface area contributed by atoms with Crippen LogP contribution in [0.2, 0.25) is 5.02 Å². The zero-order valence-corrected chi connectivity index (χ0v) is 15.9. The molecule has 0 aliphatic heterocycles. The van der Waals surface area contributed by atoms with Gasteiger partial charge in [0, 0.05) is 11.6 Å². The molecule has 0 spiro atoms. The van der Waals surface area contributed by atoms with Crippen molar-refractivity contribution >= 4 is 46.3 Å². The van der Waals surface area contributed by atoms with Crippen molar-refractivity contribution in [3.05, 3.63) is 59.1 Å². The van der Waals surface area contributed by atoms with Crippen LogP contribution >= 0.6 is 23.4 Å². The summed E-state index contributed by atoms with van der Waals surface area (Å²) in [5, 5.41) is 3.75. The highest BCUT2D eigenvalue weighted by molar-refractivity contribution is 7.99. The number of rotatable bonds is 8. The fourth-order valence-corrected chi connectivity index (χ4v) is 3.16. The number of aromatic nitrogens is 1. The third-order valence-corrected chi connectivity index (χ3v) is 4.61. The van der Waals surface area contributed by atoms with E-state index in [0.29, 0.717) is 28.8 Å². The van der Waals surface area contributed by atoms with Gasteiger partial charge in [-0.3, -0.25) is 9.59 Å². The number of carbonyl (C=O) groups is 2. The summed E-state index contributed by atoms with van der Waals surface area (Å²) in [6.45, 7) is 0.122. The molecule has 3 aromatic rings. The van der Waals surface area contributed by atoms with E-state index >= 15 is 0 Å². The normalized spacial score (nSPS) is 10.7. The van der Waals surface area contributed by atoms with E-state index in [9.17, 15) is 9.59 Å². The van der Waals surface area contributed by atoms with Gasteiger partial charge in [-0.25, -0.2) is 4.98 Å². The average Bonchev–Trinajstić information content (AvgIpc) is 3.08. The van der Waals surface area contributed by atoms with E-state index in [1.165, 1.54) is 0 Å². The topological polar surface area (TPSA) is 81.4 Å². The number of carbonyl (C=O) groups excluding carboxylic acids is 2. The molecule has 0 saturated carbocycles. The molecule has 0 saturated heterocycles. The number of thioether (sulfide) groups is 1. The predicted molar refractivity (Wildman–Crippen MR) is 104 cm³/mol. The van der Waals surface area contributed by atoms with Crippen molar-refractivity contribution in [3.8, 4) is 0 Å². The minimum Gasteiger partial charge on any atom is -0.455 e. The molecule has 0 bridgehead atoms. The summed E-state index contributed by atoms with van der Waals surface area (Å²) >= 11 is 7.04. The van der Waals surface area contributed by atoms with Crippen molar-refractivity contribution in [3.63, 3.8) is 0 Å². The third-order valence-electron chi connectivity index (χ3n) is 3.58. The van der Waals surface area contributed by atoms with Gasteiger partial charge in [0.2, 0.25) is 0 Å². The Kier molecular flexibility index (Phi) is 6.73. The number of halogens is 1. The Morgan fingerprint density at radius 3 is 2.85 bits per heavy atom. The molecule has 140 valence electrons. The number of para-hydroxylation sites is 2. The zero-order valence-electron chi connectivity index (χ0n) is 14.3. The van der Waals surface area contributed by atoms with Gasteiger partial charge in [0.15, 0.2) is 12.2 Å². The van der Waals surface area contributed by atoms with E-state index in [0.717, 1.165) is 22.8 Å². The number of hydrogen-bond donors (Lipinski definition) is 1. The Morgan fingerprint density at radius 2 is 2.04 bits per heavy atom. The first-order valence-electron chi connectivity index (χ1n) is 8.25. The number of oxazole rings is 1. The molecule has 2 aromatic carbocycles. The van der Waals surface area contributed by atoms with Gasteiger partial charge in [-0.05, 0) is 36.2 Å². The number of fused-ring (bicyclic) bond motifs is 1. The SMILES string of the molecule is O=C(COC(=O)CSc1nc2ccccc2o1)NCCc1cccc(Cl)c1. The van der Waals surface area contributed by atoms with Crippen molar-refractivity contribution in [2.75, 3.05) is 18.9 Å². The molecule has 8 heteroatoms. The molecule has 0 aliphatic rings. The van der Waals surface area contributed by atoms with Crippen LogP contribution in [-0.4, -0.2) is 35.8 Å². The standard InChI is InChI=1S/C19H17ClN2O4S/c20-14-5-3-4-13(10-14)8-9-21-17(23)11-25-18(24)12-27-19-22-15-6-1-2-7-16(15)26-19/h1-7,10H,8-9,11-12H2,(H,21,23). The van der Waals surface area contributed by atoms with Gasteiger partial charge < -0.3 is 14.5 Å². The second-order valence-corrected chi connectivity index (χ2v) is 6.99. The number of benzene rings is 2. The Bertz CT molecular complexity index is 911. The maximum absolute atomic E-state index is 11.8. The highest BCUT2D eigenvalue weighted by Gasteiger charge is 2.11. The molecule has 27 heavy (non-hydrogen) atoms. The first-order chi connectivity index (χ1) is 13.1. The van der Waals surface area contributed by atoms with Crippen molar-refractivity contribution in [2.24, 2.45) is 0 Å². The molecule has 0 aliphatic carbocycles. The lowest BCUT2D eigenvalue weighted by Crippen LogP contribution is -2.30. The summed E-state index contributed by atoms with van der Waals surface area (Å²) in [5.74, 6) is -0.840. The fourth-order valence-electron chi connectivity index (χ4n) is 2.31. The quantitative estimate of drug-likeness (QED) is 0.457. The molecule has 1 N–H and O–H groups in total. The van der Waals surface area contributed by atoms with E-state index in [1.54, 1.807) is 12.1 Å². The number of nitrogens with one attached hydrogen (secondary N) is 1. The first-order valence-corrected chi connectivity index (χ1v) is 9.61. The van der Waals surface area contributed by atoms with E-state index < -0.39 is 5.97 Å². The lowest BCUT2D eigenvalue weighted by Gasteiger charge is -2.06. The van der Waals surface area contributed by atoms with E-state index in [4.69, 9.17) is 20.8 Å². The molecule has 0 radical (unpaired) electrons. The second-order valence-electron chi connectivity index (χ2n) is 5.63. The molecule has 0 fully saturated rings. The molecule has 1 aromatic heterocycles. The van der Waals surface area contributed by atoms with Crippen LogP contribution in [0.4, 0.5) is 0 Å². The van der Waals surface area contributed by atoms with Gasteiger partial charge in [0.25, 0.3) is 11.1 Å². The van der Waals surface area contributed by atoms with E-state index in [-0.39, 0.29) is 18.3 Å². The monoisotopic (exact) mass is 404 g/mol. The summed E-state index contributed by atoms with van der Waals surface area (Å²) < 4.78 is 10.5. The number of hydrogen-bond acceptors (Lipinski definition) is 6. The molecule has 6 nitrogen and oxygen atoms in total. The number of esters is 1. The van der Waals surface area contributed by atoms with Crippen molar-refractivity contribution in [2.45, 2.75) is 11.6 Å². The molecule has 1 heterocycles. The summed E-state index contributed by atoms with van der Waals surface area (Å²) in [7, 11) is 0. The predicted octanol–water partition coefficient (Wildman–Crippen LogP) is 3.48. The summed E-state index contributed by atoms with van der Waals surface area (Å²) in [4.78, 5) is 27.8. The van der Waals surface area contributed by atoms with Crippen LogP contribution in [0.3, 0.4) is 0 Å². The summed E-state index contributed by atoms with van der Waals surface area (Å²) in [6.07, 6.45) is 0.647. The molecular weight excluding hydrogens is 388 g/mol. The molecule has 0 atom stereocenters. The second kappa shape index (κ2) is 9.43. The largest absolute Gasteiger partial charge is 0.455 e. The number of ether oxygens (including phenoxy) is 1. The molecule has 3 rings (SSSR count). The van der Waals surface area contributed by atoms with Crippen LogP contribution in [0.5, 0.6) is 0 Å². The van der Waals surface area contributed by atoms with Crippen LogP contribution in [0.1, 0.15) is 5.56 Å². The van der Waals surface area contributed by atoms with E-state index in [2.05, 4.69) is 10.3 Å². The first kappa shape index (κ1) is 19.3. The maximum atomic E-state index is 11.8. The lowest BCUT2D eigenvalue weighted by atomic mass is 10.1. The van der Waals surface area contributed by atoms with Crippen LogP contribution in [0.15, 0.2) is 58.2 Å². The van der Waals surface area contributed by atoms with Gasteiger partial charge in [-0.15, -0.1) is 0 Å². The minimum atomic E-state index is -0.507. The van der Waals surface area contributed by atoms with Crippen LogP contribution < -0.4 is 5.32 Å². The Balaban J connectivity index is 1.34. The summed E-state index contributed by atoms with van der Waals surface area (Å²) in [6, 6.07) is 14.8. The summed E-state index contributed by atoms with van der Waals surface area (Å²) in [5.41, 5.74) is 2.41. The van der Waals surface area contributed by atoms with Gasteiger partial charge in [-0.2, -0.15) is 0 Å². The fraction of sp³-hybridized carbons (Fsp3) is 0.211. The number of amides is 1. The highest BCUT2D eigenvalue weighted by Crippen LogP contribution is 2.23. The van der Waals surface area contributed by atoms with Gasteiger partial charge in [0.1, 0.15) is 11.3 Å². The Labute approximate surface area is 165 Å².